The van der Waals surface area contributed by atoms with E-state index in [2.05, 4.69) is 27.3 Å². The van der Waals surface area contributed by atoms with E-state index < -0.39 is 5.91 Å². The largest absolute Gasteiger partial charge is 0.488 e. The molecule has 0 spiro atoms. The van der Waals surface area contributed by atoms with Gasteiger partial charge in [-0.1, -0.05) is 42.0 Å². The fraction of sp³-hybridized carbons (Fsp3) is 0.0800. The Morgan fingerprint density at radius 2 is 1.84 bits per heavy atom. The fourth-order valence-electron chi connectivity index (χ4n) is 2.79. The molecule has 0 heterocycles. The fourth-order valence-corrected chi connectivity index (χ4v) is 3.30. The highest BCUT2D eigenvalue weighted by Crippen LogP contribution is 2.28. The van der Waals surface area contributed by atoms with Gasteiger partial charge >= 0.3 is 0 Å². The molecule has 0 aromatic heterocycles. The number of aryl methyl sites for hydroxylation is 1. The normalized spacial score (nSPS) is 10.6. The SMILES string of the molecule is Cc1ccc(NC(=O)/C(C#N)=C\c2ccc(OCc3ccccc3C#N)c(Br)c2)cc1. The van der Waals surface area contributed by atoms with Crippen LogP contribution in [0.5, 0.6) is 5.75 Å². The number of carbonyl (C=O) groups excluding carboxylic acids is 1. The van der Waals surface area contributed by atoms with Gasteiger partial charge in [-0.15, -0.1) is 0 Å². The number of nitriles is 2. The molecule has 3 aromatic rings. The van der Waals surface area contributed by atoms with Crippen molar-refractivity contribution in [2.75, 3.05) is 5.32 Å². The van der Waals surface area contributed by atoms with Crippen molar-refractivity contribution < 1.29 is 9.53 Å². The van der Waals surface area contributed by atoms with Crippen molar-refractivity contribution in [1.29, 1.82) is 10.5 Å². The molecule has 0 saturated heterocycles. The highest BCUT2D eigenvalue weighted by atomic mass is 79.9. The molecule has 1 amide bonds. The van der Waals surface area contributed by atoms with Crippen LogP contribution < -0.4 is 10.1 Å². The smallest absolute Gasteiger partial charge is 0.266 e. The van der Waals surface area contributed by atoms with Gasteiger partial charge in [0.25, 0.3) is 5.91 Å². The summed E-state index contributed by atoms with van der Waals surface area (Å²) in [6.07, 6.45) is 1.52. The summed E-state index contributed by atoms with van der Waals surface area (Å²) in [6, 6.07) is 24.0. The Hall–Kier alpha value is -3.87. The summed E-state index contributed by atoms with van der Waals surface area (Å²) in [5.41, 5.74) is 3.73. The summed E-state index contributed by atoms with van der Waals surface area (Å²) < 4.78 is 6.50. The standard InChI is InChI=1S/C25H18BrN3O2/c1-17-6-9-22(10-7-17)29-25(30)21(15-28)12-18-8-11-24(23(26)13-18)31-16-20-5-3-2-4-19(20)14-27/h2-13H,16H2,1H3,(H,29,30)/b21-12-. The molecule has 1 N–H and O–H groups in total. The zero-order valence-corrected chi connectivity index (χ0v) is 18.3. The van der Waals surface area contributed by atoms with E-state index in [-0.39, 0.29) is 12.2 Å². The molecule has 0 saturated carbocycles. The average molecular weight is 472 g/mol. The van der Waals surface area contributed by atoms with Crippen LogP contribution in [0, 0.1) is 29.6 Å². The maximum absolute atomic E-state index is 12.4. The van der Waals surface area contributed by atoms with Crippen LogP contribution in [0.4, 0.5) is 5.69 Å². The van der Waals surface area contributed by atoms with Gasteiger partial charge in [0.05, 0.1) is 16.1 Å². The average Bonchev–Trinajstić information content (AvgIpc) is 2.78. The highest BCUT2D eigenvalue weighted by molar-refractivity contribution is 9.10. The van der Waals surface area contributed by atoms with E-state index in [0.717, 1.165) is 11.1 Å². The second-order valence-electron chi connectivity index (χ2n) is 6.74. The number of carbonyl (C=O) groups is 1. The predicted octanol–water partition coefficient (Wildman–Crippen LogP) is 5.75. The third-order valence-corrected chi connectivity index (χ3v) is 5.08. The first-order valence-corrected chi connectivity index (χ1v) is 10.2. The second-order valence-corrected chi connectivity index (χ2v) is 7.59. The molecular weight excluding hydrogens is 454 g/mol. The van der Waals surface area contributed by atoms with Gasteiger partial charge in [-0.05, 0) is 64.8 Å². The van der Waals surface area contributed by atoms with Gasteiger partial charge < -0.3 is 10.1 Å². The van der Waals surface area contributed by atoms with Crippen molar-refractivity contribution in [3.05, 3.63) is 99.0 Å². The molecule has 3 aromatic carbocycles. The van der Waals surface area contributed by atoms with Crippen LogP contribution in [-0.4, -0.2) is 5.91 Å². The number of nitrogens with one attached hydrogen (secondary N) is 1. The number of nitrogens with zero attached hydrogens (tertiary/aromatic N) is 2. The van der Waals surface area contributed by atoms with Gasteiger partial charge in [-0.2, -0.15) is 10.5 Å². The van der Waals surface area contributed by atoms with Crippen LogP contribution in [0.3, 0.4) is 0 Å². The Bertz CT molecular complexity index is 1220. The molecule has 31 heavy (non-hydrogen) atoms. The zero-order valence-electron chi connectivity index (χ0n) is 16.7. The predicted molar refractivity (Wildman–Crippen MR) is 123 cm³/mol. The van der Waals surface area contributed by atoms with E-state index in [4.69, 9.17) is 4.74 Å². The van der Waals surface area contributed by atoms with Crippen LogP contribution in [-0.2, 0) is 11.4 Å². The Morgan fingerprint density at radius 1 is 1.10 bits per heavy atom. The molecule has 0 aliphatic heterocycles. The molecule has 0 unspecified atom stereocenters. The Balaban J connectivity index is 1.72. The summed E-state index contributed by atoms with van der Waals surface area (Å²) in [7, 11) is 0. The van der Waals surface area contributed by atoms with Gasteiger partial charge in [0.2, 0.25) is 0 Å². The molecule has 3 rings (SSSR count). The summed E-state index contributed by atoms with van der Waals surface area (Å²) >= 11 is 3.46. The second kappa shape index (κ2) is 10.2. The van der Waals surface area contributed by atoms with Crippen LogP contribution in [0.25, 0.3) is 6.08 Å². The van der Waals surface area contributed by atoms with Gasteiger partial charge in [-0.3, -0.25) is 4.79 Å². The summed E-state index contributed by atoms with van der Waals surface area (Å²) in [4.78, 5) is 12.4. The zero-order chi connectivity index (χ0) is 22.2. The van der Waals surface area contributed by atoms with Crippen molar-refractivity contribution in [3.8, 4) is 17.9 Å². The van der Waals surface area contributed by atoms with Gasteiger partial charge in [-0.25, -0.2) is 0 Å². The lowest BCUT2D eigenvalue weighted by atomic mass is 10.1. The molecule has 0 radical (unpaired) electrons. The molecule has 0 atom stereocenters. The number of benzene rings is 3. The van der Waals surface area contributed by atoms with Crippen LogP contribution >= 0.6 is 15.9 Å². The summed E-state index contributed by atoms with van der Waals surface area (Å²) in [5, 5.41) is 21.3. The first-order chi connectivity index (χ1) is 15.0. The monoisotopic (exact) mass is 471 g/mol. The van der Waals surface area contributed by atoms with Crippen molar-refractivity contribution in [1.82, 2.24) is 0 Å². The first-order valence-electron chi connectivity index (χ1n) is 9.40. The number of halogens is 1. The molecule has 0 aliphatic carbocycles. The minimum absolute atomic E-state index is 0.0101. The van der Waals surface area contributed by atoms with E-state index in [9.17, 15) is 15.3 Å². The summed E-state index contributed by atoms with van der Waals surface area (Å²) in [6.45, 7) is 2.21. The van der Waals surface area contributed by atoms with Crippen molar-refractivity contribution in [3.63, 3.8) is 0 Å². The minimum atomic E-state index is -0.476. The van der Waals surface area contributed by atoms with E-state index in [1.165, 1.54) is 6.08 Å². The number of rotatable bonds is 6. The lowest BCUT2D eigenvalue weighted by molar-refractivity contribution is -0.112. The maximum Gasteiger partial charge on any atom is 0.266 e. The Kier molecular flexibility index (Phi) is 7.22. The number of hydrogen-bond acceptors (Lipinski definition) is 4. The van der Waals surface area contributed by atoms with Gasteiger partial charge in [0, 0.05) is 11.3 Å². The molecule has 6 heteroatoms. The van der Waals surface area contributed by atoms with Gasteiger partial charge in [0.15, 0.2) is 0 Å². The van der Waals surface area contributed by atoms with E-state index in [1.807, 2.05) is 37.3 Å². The van der Waals surface area contributed by atoms with Crippen LogP contribution in [0.2, 0.25) is 0 Å². The summed E-state index contributed by atoms with van der Waals surface area (Å²) in [5.74, 6) is 0.114. The molecule has 0 bridgehead atoms. The third-order valence-electron chi connectivity index (χ3n) is 4.46. The number of amides is 1. The number of anilines is 1. The van der Waals surface area contributed by atoms with E-state index >= 15 is 0 Å². The lowest BCUT2D eigenvalue weighted by Crippen LogP contribution is -2.13. The van der Waals surface area contributed by atoms with Crippen LogP contribution in [0.15, 0.2) is 76.8 Å². The minimum Gasteiger partial charge on any atom is -0.488 e. The molecule has 152 valence electrons. The van der Waals surface area contributed by atoms with Gasteiger partial charge in [0.1, 0.15) is 24.0 Å². The molecule has 0 aliphatic rings. The number of hydrogen-bond donors (Lipinski definition) is 1. The van der Waals surface area contributed by atoms with Crippen molar-refractivity contribution in [2.24, 2.45) is 0 Å². The lowest BCUT2D eigenvalue weighted by Gasteiger charge is -2.10. The molecular formula is C25H18BrN3O2. The van der Waals surface area contributed by atoms with E-state index in [1.54, 1.807) is 42.5 Å². The maximum atomic E-state index is 12.4. The molecule has 5 nitrogen and oxygen atoms in total. The van der Waals surface area contributed by atoms with Crippen molar-refractivity contribution >= 4 is 33.6 Å². The molecule has 0 fully saturated rings. The van der Waals surface area contributed by atoms with Crippen LogP contribution in [0.1, 0.15) is 22.3 Å². The number of ether oxygens (including phenoxy) is 1. The topological polar surface area (TPSA) is 85.9 Å². The quantitative estimate of drug-likeness (QED) is 0.366. The third kappa shape index (κ3) is 5.82. The Labute approximate surface area is 189 Å². The first kappa shape index (κ1) is 21.8. The van der Waals surface area contributed by atoms with E-state index in [0.29, 0.717) is 27.0 Å². The highest BCUT2D eigenvalue weighted by Gasteiger charge is 2.11. The Morgan fingerprint density at radius 3 is 2.52 bits per heavy atom. The van der Waals surface area contributed by atoms with Crippen molar-refractivity contribution in [2.45, 2.75) is 13.5 Å².